The molecule has 2 aromatic carbocycles. The molecule has 2 aromatic rings. The van der Waals surface area contributed by atoms with E-state index in [0.29, 0.717) is 18.7 Å². The Hall–Kier alpha value is -2.16. The number of fused-ring (bicyclic) bond motifs is 1. The molecule has 0 amide bonds. The summed E-state index contributed by atoms with van der Waals surface area (Å²) < 4.78 is 12.0. The summed E-state index contributed by atoms with van der Waals surface area (Å²) >= 11 is 0. The van der Waals surface area contributed by atoms with Crippen molar-refractivity contribution in [3.05, 3.63) is 59.2 Å². The number of anilines is 1. The van der Waals surface area contributed by atoms with E-state index in [2.05, 4.69) is 49.9 Å². The molecule has 4 rings (SSSR count). The monoisotopic (exact) mass is 443 g/mol. The number of benzene rings is 2. The maximum Gasteiger partial charge on any atom is 0.143 e. The summed E-state index contributed by atoms with van der Waals surface area (Å²) in [5.74, 6) is 0.736. The van der Waals surface area contributed by atoms with Crippen molar-refractivity contribution in [3.8, 4) is 5.75 Å². The van der Waals surface area contributed by atoms with Crippen LogP contribution in [0.1, 0.15) is 43.6 Å². The molecule has 0 saturated carbocycles. The molecule has 2 aliphatic heterocycles. The smallest absolute Gasteiger partial charge is 0.143 e. The molecular formula is C25H33NO6. The van der Waals surface area contributed by atoms with Gasteiger partial charge in [0.15, 0.2) is 0 Å². The second kappa shape index (κ2) is 9.00. The molecule has 0 unspecified atom stereocenters. The van der Waals surface area contributed by atoms with Crippen LogP contribution >= 0.6 is 0 Å². The topological polar surface area (TPSA) is 103 Å². The van der Waals surface area contributed by atoms with Gasteiger partial charge in [0.25, 0.3) is 0 Å². The van der Waals surface area contributed by atoms with Gasteiger partial charge in [-0.2, -0.15) is 0 Å². The summed E-state index contributed by atoms with van der Waals surface area (Å²) in [5, 5.41) is 40.4. The highest BCUT2D eigenvalue weighted by molar-refractivity contribution is 5.63. The number of hydrogen-bond donors (Lipinski definition) is 4. The van der Waals surface area contributed by atoms with Gasteiger partial charge < -0.3 is 34.8 Å². The predicted molar refractivity (Wildman–Crippen MR) is 121 cm³/mol. The number of rotatable bonds is 5. The lowest BCUT2D eigenvalue weighted by Gasteiger charge is -2.43. The van der Waals surface area contributed by atoms with E-state index in [4.69, 9.17) is 9.47 Å². The average molecular weight is 444 g/mol. The molecule has 4 N–H and O–H groups in total. The summed E-state index contributed by atoms with van der Waals surface area (Å²) in [7, 11) is 0. The minimum atomic E-state index is -1.41. The van der Waals surface area contributed by atoms with Crippen LogP contribution in [-0.4, -0.2) is 63.6 Å². The van der Waals surface area contributed by atoms with Crippen LogP contribution in [0, 0.1) is 0 Å². The van der Waals surface area contributed by atoms with Gasteiger partial charge in [-0.05, 0) is 49.1 Å². The third-order valence-corrected chi connectivity index (χ3v) is 6.31. The molecule has 1 fully saturated rings. The first-order valence-electron chi connectivity index (χ1n) is 11.2. The fourth-order valence-corrected chi connectivity index (χ4v) is 4.54. The van der Waals surface area contributed by atoms with Gasteiger partial charge in [-0.1, -0.05) is 37.3 Å². The van der Waals surface area contributed by atoms with Gasteiger partial charge in [0.2, 0.25) is 0 Å². The van der Waals surface area contributed by atoms with Crippen molar-refractivity contribution < 1.29 is 29.9 Å². The van der Waals surface area contributed by atoms with Gasteiger partial charge in [-0.15, -0.1) is 0 Å². The Morgan fingerprint density at radius 2 is 1.66 bits per heavy atom. The van der Waals surface area contributed by atoms with E-state index >= 15 is 0 Å². The lowest BCUT2D eigenvalue weighted by atomic mass is 9.90. The van der Waals surface area contributed by atoms with Crippen LogP contribution in [0.25, 0.3) is 0 Å². The van der Waals surface area contributed by atoms with E-state index in [9.17, 15) is 20.4 Å². The second-order valence-electron chi connectivity index (χ2n) is 9.36. The van der Waals surface area contributed by atoms with Gasteiger partial charge in [0, 0.05) is 6.54 Å². The molecule has 1 saturated heterocycles. The largest absolute Gasteiger partial charge is 0.484 e. The third-order valence-electron chi connectivity index (χ3n) is 6.31. The van der Waals surface area contributed by atoms with Crippen molar-refractivity contribution in [1.29, 1.82) is 0 Å². The van der Waals surface area contributed by atoms with Crippen LogP contribution in [0.5, 0.6) is 5.75 Å². The number of ether oxygens (including phenoxy) is 2. The molecule has 0 spiro atoms. The minimum Gasteiger partial charge on any atom is -0.484 e. The van der Waals surface area contributed by atoms with E-state index in [1.165, 1.54) is 11.1 Å². The first-order chi connectivity index (χ1) is 15.2. The SMILES string of the molecule is CCc1ccc(CN2CC(C)(C)Oc3ccc([C@@H]4O[C@H](CO)[C@@H](O)[C@H](O)[C@H]4O)cc32)cc1. The normalized spacial score (nSPS) is 29.3. The van der Waals surface area contributed by atoms with E-state index in [0.717, 1.165) is 17.9 Å². The Kier molecular flexibility index (Phi) is 6.47. The maximum atomic E-state index is 10.6. The van der Waals surface area contributed by atoms with E-state index in [1.54, 1.807) is 6.07 Å². The van der Waals surface area contributed by atoms with Gasteiger partial charge in [0.05, 0.1) is 18.8 Å². The van der Waals surface area contributed by atoms with Crippen molar-refractivity contribution >= 4 is 5.69 Å². The van der Waals surface area contributed by atoms with Crippen LogP contribution in [-0.2, 0) is 17.7 Å². The summed E-state index contributed by atoms with van der Waals surface area (Å²) in [6, 6.07) is 14.1. The number of hydrogen-bond acceptors (Lipinski definition) is 7. The standard InChI is InChI=1S/C25H33NO6/c1-4-15-5-7-16(8-6-15)12-26-14-25(2,3)32-19-10-9-17(11-18(19)26)24-23(30)22(29)21(28)20(13-27)31-24/h5-11,20-24,27-30H,4,12-14H2,1-3H3/t20-,21-,22+,23-,24+/m1/s1. The van der Waals surface area contributed by atoms with Crippen molar-refractivity contribution in [1.82, 2.24) is 0 Å². The van der Waals surface area contributed by atoms with Crippen molar-refractivity contribution in [2.24, 2.45) is 0 Å². The summed E-state index contributed by atoms with van der Waals surface area (Å²) in [4.78, 5) is 2.24. The Labute approximate surface area is 188 Å². The minimum absolute atomic E-state index is 0.374. The van der Waals surface area contributed by atoms with E-state index < -0.39 is 37.1 Å². The molecule has 0 radical (unpaired) electrons. The zero-order valence-corrected chi connectivity index (χ0v) is 18.8. The molecule has 5 atom stereocenters. The fourth-order valence-electron chi connectivity index (χ4n) is 4.54. The van der Waals surface area contributed by atoms with Gasteiger partial charge in [-0.3, -0.25) is 0 Å². The average Bonchev–Trinajstić information content (AvgIpc) is 2.77. The van der Waals surface area contributed by atoms with E-state index in [1.807, 2.05) is 12.1 Å². The summed E-state index contributed by atoms with van der Waals surface area (Å²) in [5.41, 5.74) is 3.63. The Morgan fingerprint density at radius 3 is 2.31 bits per heavy atom. The van der Waals surface area contributed by atoms with Gasteiger partial charge >= 0.3 is 0 Å². The molecule has 0 aromatic heterocycles. The zero-order valence-electron chi connectivity index (χ0n) is 18.8. The van der Waals surface area contributed by atoms with Crippen LogP contribution in [0.15, 0.2) is 42.5 Å². The molecule has 0 bridgehead atoms. The summed E-state index contributed by atoms with van der Waals surface area (Å²) in [6.07, 6.45) is -4.94. The van der Waals surface area contributed by atoms with Crippen molar-refractivity contribution in [3.63, 3.8) is 0 Å². The van der Waals surface area contributed by atoms with E-state index in [-0.39, 0.29) is 5.60 Å². The van der Waals surface area contributed by atoms with Crippen molar-refractivity contribution in [2.45, 2.75) is 69.9 Å². The maximum absolute atomic E-state index is 10.6. The Balaban J connectivity index is 1.65. The zero-order chi connectivity index (χ0) is 23.0. The van der Waals surface area contributed by atoms with Crippen LogP contribution in [0.2, 0.25) is 0 Å². The molecule has 2 heterocycles. The Morgan fingerprint density at radius 1 is 0.969 bits per heavy atom. The van der Waals surface area contributed by atoms with Crippen molar-refractivity contribution in [2.75, 3.05) is 18.1 Å². The number of aryl methyl sites for hydroxylation is 1. The van der Waals surface area contributed by atoms with Crippen LogP contribution < -0.4 is 9.64 Å². The first-order valence-corrected chi connectivity index (χ1v) is 11.2. The predicted octanol–water partition coefficient (Wildman–Crippen LogP) is 1.94. The molecule has 0 aliphatic carbocycles. The molecular weight excluding hydrogens is 410 g/mol. The second-order valence-corrected chi connectivity index (χ2v) is 9.36. The highest BCUT2D eigenvalue weighted by Crippen LogP contribution is 2.41. The molecule has 174 valence electrons. The van der Waals surface area contributed by atoms with Gasteiger partial charge in [0.1, 0.15) is 41.9 Å². The van der Waals surface area contributed by atoms with Crippen LogP contribution in [0.3, 0.4) is 0 Å². The number of aliphatic hydroxyl groups excluding tert-OH is 4. The molecule has 7 heteroatoms. The van der Waals surface area contributed by atoms with Crippen LogP contribution in [0.4, 0.5) is 5.69 Å². The molecule has 2 aliphatic rings. The highest BCUT2D eigenvalue weighted by atomic mass is 16.5. The molecule has 7 nitrogen and oxygen atoms in total. The lowest BCUT2D eigenvalue weighted by molar-refractivity contribution is -0.231. The lowest BCUT2D eigenvalue weighted by Crippen LogP contribution is -2.55. The summed E-state index contributed by atoms with van der Waals surface area (Å²) in [6.45, 7) is 7.15. The fraction of sp³-hybridized carbons (Fsp3) is 0.520. The number of aliphatic hydroxyl groups is 4. The first kappa shape index (κ1) is 23.0. The highest BCUT2D eigenvalue weighted by Gasteiger charge is 2.44. The Bertz CT molecular complexity index is 929. The third kappa shape index (κ3) is 4.49. The molecule has 32 heavy (non-hydrogen) atoms. The van der Waals surface area contributed by atoms with Gasteiger partial charge in [-0.25, -0.2) is 0 Å². The quantitative estimate of drug-likeness (QED) is 0.560. The number of nitrogens with zero attached hydrogens (tertiary/aromatic N) is 1.